The minimum atomic E-state index is -0.467. The van der Waals surface area contributed by atoms with Crippen molar-refractivity contribution in [1.29, 1.82) is 0 Å². The Morgan fingerprint density at radius 1 is 0.778 bits per heavy atom. The van der Waals surface area contributed by atoms with Gasteiger partial charge in [-0.25, -0.2) is 10.2 Å². The van der Waals surface area contributed by atoms with Crippen molar-refractivity contribution in [3.05, 3.63) is 83.9 Å². The van der Waals surface area contributed by atoms with Gasteiger partial charge >= 0.3 is 5.97 Å². The van der Waals surface area contributed by atoms with Gasteiger partial charge in [0.15, 0.2) is 6.61 Å². The Bertz CT molecular complexity index is 1130. The van der Waals surface area contributed by atoms with Gasteiger partial charge < -0.3 is 18.9 Å². The fourth-order valence-electron chi connectivity index (χ4n) is 2.97. The van der Waals surface area contributed by atoms with E-state index in [1.807, 2.05) is 6.92 Å². The minimum Gasteiger partial charge on any atom is -0.494 e. The summed E-state index contributed by atoms with van der Waals surface area (Å²) in [7, 11) is 0. The van der Waals surface area contributed by atoms with Gasteiger partial charge in [-0.1, -0.05) is 13.3 Å². The van der Waals surface area contributed by atoms with E-state index in [0.717, 1.165) is 24.2 Å². The highest BCUT2D eigenvalue weighted by Gasteiger charge is 2.09. The van der Waals surface area contributed by atoms with E-state index >= 15 is 0 Å². The monoisotopic (exact) mass is 490 g/mol. The Kier molecular flexibility index (Phi) is 10.3. The van der Waals surface area contributed by atoms with E-state index in [1.54, 1.807) is 72.8 Å². The van der Waals surface area contributed by atoms with E-state index in [9.17, 15) is 9.59 Å². The van der Waals surface area contributed by atoms with Gasteiger partial charge in [-0.2, -0.15) is 5.10 Å². The van der Waals surface area contributed by atoms with Gasteiger partial charge in [0.05, 0.1) is 25.0 Å². The minimum absolute atomic E-state index is 0.173. The van der Waals surface area contributed by atoms with Crippen molar-refractivity contribution in [3.8, 4) is 23.0 Å². The maximum absolute atomic E-state index is 12.3. The number of ether oxygens (including phenoxy) is 4. The largest absolute Gasteiger partial charge is 0.494 e. The average molecular weight is 491 g/mol. The normalized spacial score (nSPS) is 10.6. The topological polar surface area (TPSA) is 95.5 Å². The predicted octanol–water partition coefficient (Wildman–Crippen LogP) is 5.01. The van der Waals surface area contributed by atoms with E-state index in [2.05, 4.69) is 17.5 Å². The van der Waals surface area contributed by atoms with Crippen molar-refractivity contribution in [3.63, 3.8) is 0 Å². The second-order valence-corrected chi connectivity index (χ2v) is 7.67. The fourth-order valence-corrected chi connectivity index (χ4v) is 2.97. The highest BCUT2D eigenvalue weighted by atomic mass is 16.5. The fraction of sp³-hybridized carbons (Fsp3) is 0.250. The molecule has 0 saturated carbocycles. The summed E-state index contributed by atoms with van der Waals surface area (Å²) in [6.45, 7) is 5.06. The number of benzene rings is 3. The van der Waals surface area contributed by atoms with E-state index in [4.69, 9.17) is 18.9 Å². The molecule has 0 unspecified atom stereocenters. The molecule has 0 radical (unpaired) electrons. The summed E-state index contributed by atoms with van der Waals surface area (Å²) < 4.78 is 21.8. The Labute approximate surface area is 210 Å². The molecule has 0 atom stereocenters. The molecule has 0 fully saturated rings. The molecule has 8 heteroatoms. The molecule has 0 saturated heterocycles. The molecule has 3 rings (SSSR count). The van der Waals surface area contributed by atoms with Gasteiger partial charge in [0.25, 0.3) is 5.91 Å². The number of hydrogen-bond acceptors (Lipinski definition) is 7. The number of hydrazone groups is 1. The molecule has 1 amide bonds. The first kappa shape index (κ1) is 26.3. The van der Waals surface area contributed by atoms with Crippen molar-refractivity contribution in [1.82, 2.24) is 5.43 Å². The Hall–Kier alpha value is -4.33. The molecule has 0 aromatic heterocycles. The van der Waals surface area contributed by atoms with Gasteiger partial charge in [-0.15, -0.1) is 0 Å². The highest BCUT2D eigenvalue weighted by Crippen LogP contribution is 2.18. The van der Waals surface area contributed by atoms with E-state index in [-0.39, 0.29) is 6.61 Å². The average Bonchev–Trinajstić information content (AvgIpc) is 2.90. The van der Waals surface area contributed by atoms with Crippen LogP contribution < -0.4 is 24.4 Å². The van der Waals surface area contributed by atoms with Crippen LogP contribution in [0.5, 0.6) is 23.0 Å². The molecule has 0 spiro atoms. The van der Waals surface area contributed by atoms with Gasteiger partial charge in [0, 0.05) is 0 Å². The Morgan fingerprint density at radius 3 is 2.00 bits per heavy atom. The first-order chi connectivity index (χ1) is 17.6. The molecule has 0 heterocycles. The third kappa shape index (κ3) is 8.79. The molecule has 1 N–H and O–H groups in total. The zero-order chi connectivity index (χ0) is 25.6. The predicted molar refractivity (Wildman–Crippen MR) is 137 cm³/mol. The number of esters is 1. The van der Waals surface area contributed by atoms with Gasteiger partial charge in [0.2, 0.25) is 0 Å². The molecule has 3 aromatic rings. The molecule has 36 heavy (non-hydrogen) atoms. The third-order valence-corrected chi connectivity index (χ3v) is 4.85. The number of carbonyl (C=O) groups excluding carboxylic acids is 2. The number of unbranched alkanes of at least 4 members (excludes halogenated alkanes) is 1. The third-order valence-electron chi connectivity index (χ3n) is 4.85. The van der Waals surface area contributed by atoms with Crippen LogP contribution in [0, 0.1) is 0 Å². The standard InChI is InChI=1S/C28H30N2O6/c1-3-5-18-34-24-14-16-25(17-15-24)35-20-27(31)30-29-19-21-6-10-26(11-7-21)36-28(32)22-8-12-23(13-9-22)33-4-2/h6-17,19H,3-5,18,20H2,1-2H3,(H,30,31)/b29-19+. The van der Waals surface area contributed by atoms with Crippen LogP contribution in [0.1, 0.15) is 42.6 Å². The molecular formula is C28H30N2O6. The quantitative estimate of drug-likeness (QED) is 0.119. The lowest BCUT2D eigenvalue weighted by molar-refractivity contribution is -0.123. The number of nitrogens with zero attached hydrogens (tertiary/aromatic N) is 1. The van der Waals surface area contributed by atoms with Gasteiger partial charge in [0.1, 0.15) is 23.0 Å². The lowest BCUT2D eigenvalue weighted by Crippen LogP contribution is -2.24. The molecule has 3 aromatic carbocycles. The first-order valence-electron chi connectivity index (χ1n) is 11.8. The summed E-state index contributed by atoms with van der Waals surface area (Å²) in [5, 5.41) is 3.93. The molecule has 0 bridgehead atoms. The van der Waals surface area contributed by atoms with Gasteiger partial charge in [-0.05, 0) is 91.7 Å². The van der Waals surface area contributed by atoms with Crippen LogP contribution in [0.15, 0.2) is 77.9 Å². The zero-order valence-corrected chi connectivity index (χ0v) is 20.4. The first-order valence-corrected chi connectivity index (χ1v) is 11.8. The number of amides is 1. The van der Waals surface area contributed by atoms with Crippen LogP contribution in [-0.2, 0) is 4.79 Å². The summed E-state index contributed by atoms with van der Waals surface area (Å²) in [5.74, 6) is 1.55. The molecule has 0 aliphatic carbocycles. The lowest BCUT2D eigenvalue weighted by atomic mass is 10.2. The zero-order valence-electron chi connectivity index (χ0n) is 20.4. The van der Waals surface area contributed by atoms with E-state index in [1.165, 1.54) is 6.21 Å². The highest BCUT2D eigenvalue weighted by molar-refractivity contribution is 5.91. The summed E-state index contributed by atoms with van der Waals surface area (Å²) in [6.07, 6.45) is 3.56. The van der Waals surface area contributed by atoms with Crippen molar-refractivity contribution >= 4 is 18.1 Å². The van der Waals surface area contributed by atoms with E-state index in [0.29, 0.717) is 36.0 Å². The van der Waals surface area contributed by atoms with Crippen LogP contribution >= 0.6 is 0 Å². The Morgan fingerprint density at radius 2 is 1.36 bits per heavy atom. The van der Waals surface area contributed by atoms with Crippen molar-refractivity contribution in [2.24, 2.45) is 5.10 Å². The van der Waals surface area contributed by atoms with Crippen LogP contribution in [0.4, 0.5) is 0 Å². The van der Waals surface area contributed by atoms with Crippen LogP contribution in [0.3, 0.4) is 0 Å². The number of nitrogens with one attached hydrogen (secondary N) is 1. The molecular weight excluding hydrogens is 460 g/mol. The molecule has 0 aliphatic rings. The Balaban J connectivity index is 1.40. The molecule has 188 valence electrons. The maximum Gasteiger partial charge on any atom is 0.343 e. The van der Waals surface area contributed by atoms with E-state index < -0.39 is 11.9 Å². The maximum atomic E-state index is 12.3. The van der Waals surface area contributed by atoms with Crippen molar-refractivity contribution in [2.75, 3.05) is 19.8 Å². The lowest BCUT2D eigenvalue weighted by Gasteiger charge is -2.08. The molecule has 0 aliphatic heterocycles. The van der Waals surface area contributed by atoms with Gasteiger partial charge in [-0.3, -0.25) is 4.79 Å². The summed E-state index contributed by atoms with van der Waals surface area (Å²) in [5.41, 5.74) is 3.55. The number of rotatable bonds is 13. The summed E-state index contributed by atoms with van der Waals surface area (Å²) in [4.78, 5) is 24.3. The molecule has 8 nitrogen and oxygen atoms in total. The smallest absolute Gasteiger partial charge is 0.343 e. The second kappa shape index (κ2) is 14.2. The summed E-state index contributed by atoms with van der Waals surface area (Å²) >= 11 is 0. The van der Waals surface area contributed by atoms with Crippen LogP contribution in [0.25, 0.3) is 0 Å². The second-order valence-electron chi connectivity index (χ2n) is 7.67. The SMILES string of the molecule is CCCCOc1ccc(OCC(=O)N/N=C/c2ccc(OC(=O)c3ccc(OCC)cc3)cc2)cc1. The van der Waals surface area contributed by atoms with Crippen LogP contribution in [0.2, 0.25) is 0 Å². The summed E-state index contributed by atoms with van der Waals surface area (Å²) in [6, 6.07) is 20.6. The van der Waals surface area contributed by atoms with Crippen molar-refractivity contribution < 1.29 is 28.5 Å². The number of carbonyl (C=O) groups is 2. The van der Waals surface area contributed by atoms with Crippen LogP contribution in [-0.4, -0.2) is 37.9 Å². The van der Waals surface area contributed by atoms with Crippen molar-refractivity contribution in [2.45, 2.75) is 26.7 Å². The number of hydrogen-bond donors (Lipinski definition) is 1.